The van der Waals surface area contributed by atoms with Crippen LogP contribution in [0.25, 0.3) is 11.2 Å². The molecule has 0 radical (unpaired) electrons. The van der Waals surface area contributed by atoms with Crippen LogP contribution in [0.1, 0.15) is 26.7 Å². The molecule has 1 fully saturated rings. The molecule has 0 bridgehead atoms. The number of carbonyl (C=O) groups excluding carboxylic acids is 4. The molecule has 0 spiro atoms. The number of carbonyl (C=O) groups is 4. The summed E-state index contributed by atoms with van der Waals surface area (Å²) in [5, 5.41) is 39.4. The van der Waals surface area contributed by atoms with Crippen LogP contribution in [0, 0.1) is 0 Å². The Labute approximate surface area is 219 Å². The maximum absolute atomic E-state index is 8.93. The molecule has 1 saturated heterocycles. The first-order chi connectivity index (χ1) is 18.1. The smallest absolute Gasteiger partial charge is 0.205 e. The van der Waals surface area contributed by atoms with Crippen LogP contribution in [0.2, 0.25) is 0 Å². The molecule has 0 unspecified atom stereocenters. The van der Waals surface area contributed by atoms with E-state index in [0.717, 1.165) is 76.0 Å². The first-order valence-electron chi connectivity index (χ1n) is 11.9. The SMILES string of the molecule is CCOCCN1CCC(Nc2nc3cccnc3n2CCOCC)CC1.O=C([O-])C(=O)[O-].O=C([O-])C(=O)[O-]. The van der Waals surface area contributed by atoms with Crippen LogP contribution in [0.4, 0.5) is 5.95 Å². The number of aromatic nitrogens is 3. The van der Waals surface area contributed by atoms with Gasteiger partial charge >= 0.3 is 0 Å². The lowest BCUT2D eigenvalue weighted by molar-refractivity contribution is -0.345. The maximum Gasteiger partial charge on any atom is 0.205 e. The fourth-order valence-electron chi connectivity index (χ4n) is 3.40. The Morgan fingerprint density at radius 1 is 0.921 bits per heavy atom. The van der Waals surface area contributed by atoms with E-state index in [0.29, 0.717) is 12.6 Å². The first-order valence-corrected chi connectivity index (χ1v) is 11.9. The highest BCUT2D eigenvalue weighted by Gasteiger charge is 2.21. The van der Waals surface area contributed by atoms with Crippen molar-refractivity contribution in [3.8, 4) is 0 Å². The Bertz CT molecular complexity index is 989. The average molecular weight is 538 g/mol. The van der Waals surface area contributed by atoms with Crippen LogP contribution >= 0.6 is 0 Å². The van der Waals surface area contributed by atoms with Crippen molar-refractivity contribution in [3.63, 3.8) is 0 Å². The molecule has 2 aromatic rings. The number of piperidine rings is 1. The highest BCUT2D eigenvalue weighted by atomic mass is 16.5. The third-order valence-electron chi connectivity index (χ3n) is 5.18. The number of nitrogens with zero attached hydrogens (tertiary/aromatic N) is 4. The van der Waals surface area contributed by atoms with E-state index in [-0.39, 0.29) is 0 Å². The van der Waals surface area contributed by atoms with Crippen molar-refractivity contribution in [2.45, 2.75) is 39.3 Å². The number of carboxylic acids is 4. The minimum absolute atomic E-state index is 0.445. The zero-order chi connectivity index (χ0) is 28.5. The van der Waals surface area contributed by atoms with Gasteiger partial charge in [0.1, 0.15) is 5.52 Å². The number of hydrogen-bond donors (Lipinski definition) is 1. The second-order valence-electron chi connectivity index (χ2n) is 7.74. The topological polar surface area (TPSA) is 225 Å². The third kappa shape index (κ3) is 11.9. The Kier molecular flexibility index (Phi) is 14.9. The summed E-state index contributed by atoms with van der Waals surface area (Å²) >= 11 is 0. The van der Waals surface area contributed by atoms with Gasteiger partial charge in [0.25, 0.3) is 0 Å². The molecular formula is C23H31N5O10-4. The van der Waals surface area contributed by atoms with Gasteiger partial charge in [0.15, 0.2) is 5.65 Å². The van der Waals surface area contributed by atoms with E-state index in [1.165, 1.54) is 0 Å². The molecule has 0 aliphatic carbocycles. The highest BCUT2D eigenvalue weighted by Crippen LogP contribution is 2.21. The number of carboxylic acid groups (broad SMARTS) is 4. The summed E-state index contributed by atoms with van der Waals surface area (Å²) in [4.78, 5) is 47.5. The van der Waals surface area contributed by atoms with E-state index in [1.54, 1.807) is 0 Å². The molecule has 15 nitrogen and oxygen atoms in total. The van der Waals surface area contributed by atoms with Crippen LogP contribution in [0.3, 0.4) is 0 Å². The van der Waals surface area contributed by atoms with E-state index in [4.69, 9.17) is 54.1 Å². The summed E-state index contributed by atoms with van der Waals surface area (Å²) < 4.78 is 13.1. The van der Waals surface area contributed by atoms with Gasteiger partial charge in [0.05, 0.1) is 43.6 Å². The molecule has 1 aliphatic heterocycles. The van der Waals surface area contributed by atoms with Crippen molar-refractivity contribution in [1.29, 1.82) is 0 Å². The summed E-state index contributed by atoms with van der Waals surface area (Å²) in [6, 6.07) is 4.39. The van der Waals surface area contributed by atoms with E-state index in [2.05, 4.69) is 19.8 Å². The van der Waals surface area contributed by atoms with Gasteiger partial charge in [0.2, 0.25) is 5.95 Å². The number of imidazole rings is 1. The zero-order valence-corrected chi connectivity index (χ0v) is 21.3. The molecule has 0 atom stereocenters. The van der Waals surface area contributed by atoms with Crippen LogP contribution in [-0.2, 0) is 35.2 Å². The Morgan fingerprint density at radius 3 is 1.95 bits per heavy atom. The van der Waals surface area contributed by atoms with E-state index in [9.17, 15) is 0 Å². The monoisotopic (exact) mass is 537 g/mol. The number of ether oxygens (including phenoxy) is 2. The summed E-state index contributed by atoms with van der Waals surface area (Å²) in [5.74, 6) is -7.83. The number of hydrogen-bond acceptors (Lipinski definition) is 14. The molecule has 3 heterocycles. The van der Waals surface area contributed by atoms with Crippen molar-refractivity contribution >= 4 is 41.0 Å². The Hall–Kier alpha value is -3.82. The third-order valence-corrected chi connectivity index (χ3v) is 5.18. The molecule has 3 rings (SSSR count). The van der Waals surface area contributed by atoms with Crippen molar-refractivity contribution in [1.82, 2.24) is 19.4 Å². The molecule has 38 heavy (non-hydrogen) atoms. The Morgan fingerprint density at radius 2 is 1.45 bits per heavy atom. The molecule has 2 aromatic heterocycles. The predicted molar refractivity (Wildman–Crippen MR) is 124 cm³/mol. The van der Waals surface area contributed by atoms with Gasteiger partial charge in [0, 0.05) is 45.1 Å². The van der Waals surface area contributed by atoms with Gasteiger partial charge in [-0.25, -0.2) is 9.97 Å². The number of pyridine rings is 1. The van der Waals surface area contributed by atoms with Gasteiger partial charge in [-0.1, -0.05) is 0 Å². The fraction of sp³-hybridized carbons (Fsp3) is 0.565. The van der Waals surface area contributed by atoms with Gasteiger partial charge in [-0.2, -0.15) is 0 Å². The molecule has 1 aliphatic rings. The lowest BCUT2D eigenvalue weighted by Crippen LogP contribution is -2.42. The summed E-state index contributed by atoms with van der Waals surface area (Å²) in [5.41, 5.74) is 1.85. The molecule has 1 N–H and O–H groups in total. The molecule has 0 aromatic carbocycles. The van der Waals surface area contributed by atoms with E-state index >= 15 is 0 Å². The van der Waals surface area contributed by atoms with Crippen molar-refractivity contribution in [2.24, 2.45) is 0 Å². The predicted octanol–water partition coefficient (Wildman–Crippen LogP) is -4.65. The summed E-state index contributed by atoms with van der Waals surface area (Å²) in [6.45, 7) is 11.1. The van der Waals surface area contributed by atoms with Crippen LogP contribution in [0.15, 0.2) is 18.3 Å². The van der Waals surface area contributed by atoms with Gasteiger partial charge < -0.3 is 59.3 Å². The second kappa shape index (κ2) is 17.6. The summed E-state index contributed by atoms with van der Waals surface area (Å²) in [6.07, 6.45) is 4.06. The number of aliphatic carboxylic acids is 4. The summed E-state index contributed by atoms with van der Waals surface area (Å²) in [7, 11) is 0. The van der Waals surface area contributed by atoms with Crippen molar-refractivity contribution in [2.75, 3.05) is 51.4 Å². The van der Waals surface area contributed by atoms with Gasteiger partial charge in [-0.05, 0) is 38.8 Å². The number of likely N-dealkylation sites (tertiary alicyclic amines) is 1. The lowest BCUT2D eigenvalue weighted by Gasteiger charge is -2.32. The minimum Gasteiger partial charge on any atom is -0.543 e. The number of rotatable bonds is 10. The number of anilines is 1. The number of nitrogens with one attached hydrogen (secondary N) is 1. The Balaban J connectivity index is 0.000000503. The average Bonchev–Trinajstić information content (AvgIpc) is 3.23. The lowest BCUT2D eigenvalue weighted by atomic mass is 10.1. The van der Waals surface area contributed by atoms with Gasteiger partial charge in [-0.3, -0.25) is 4.57 Å². The molecule has 0 saturated carbocycles. The van der Waals surface area contributed by atoms with Gasteiger partial charge in [-0.15, -0.1) is 0 Å². The molecule has 15 heteroatoms. The van der Waals surface area contributed by atoms with Crippen LogP contribution in [0.5, 0.6) is 0 Å². The highest BCUT2D eigenvalue weighted by molar-refractivity contribution is 6.25. The minimum atomic E-state index is -2.19. The molecule has 212 valence electrons. The largest absolute Gasteiger partial charge is 0.543 e. The molecule has 0 amide bonds. The quantitative estimate of drug-likeness (QED) is 0.222. The normalized spacial score (nSPS) is 13.5. The van der Waals surface area contributed by atoms with Crippen LogP contribution in [-0.4, -0.2) is 95.4 Å². The maximum atomic E-state index is 8.93. The first kappa shape index (κ1) is 32.2. The second-order valence-corrected chi connectivity index (χ2v) is 7.74. The standard InChI is InChI=1S/C19H31N5O2.2C2H2O4/c1-3-25-14-12-23-10-7-16(8-11-23)21-19-22-17-6-5-9-20-18(17)24(19)13-15-26-4-2;2*3-1(4)2(5)6/h5-6,9,16H,3-4,7-8,10-15H2,1-2H3,(H,21,22);2*(H,3,4)(H,5,6)/p-4. The molecular weight excluding hydrogens is 506 g/mol. The van der Waals surface area contributed by atoms with Crippen molar-refractivity contribution in [3.05, 3.63) is 18.3 Å². The van der Waals surface area contributed by atoms with Crippen LogP contribution < -0.4 is 25.7 Å². The number of fused-ring (bicyclic) bond motifs is 1. The zero-order valence-electron chi connectivity index (χ0n) is 21.3. The van der Waals surface area contributed by atoms with E-state index < -0.39 is 23.9 Å². The fourth-order valence-corrected chi connectivity index (χ4v) is 3.40. The van der Waals surface area contributed by atoms with E-state index in [1.807, 2.05) is 32.2 Å². The van der Waals surface area contributed by atoms with Crippen molar-refractivity contribution < 1.29 is 49.1 Å².